The second kappa shape index (κ2) is 6.05. The number of likely N-dealkylation sites (tertiary alicyclic amines) is 1. The first-order chi connectivity index (χ1) is 11.9. The van der Waals surface area contributed by atoms with E-state index in [1.807, 2.05) is 16.6 Å². The van der Waals surface area contributed by atoms with E-state index in [0.717, 1.165) is 56.1 Å². The molecule has 0 aliphatic carbocycles. The van der Waals surface area contributed by atoms with Crippen LogP contribution in [0.15, 0.2) is 12.1 Å². The highest BCUT2D eigenvalue weighted by Gasteiger charge is 2.34. The molecule has 2 aromatic rings. The molecule has 7 nitrogen and oxygen atoms in total. The summed E-state index contributed by atoms with van der Waals surface area (Å²) < 4.78 is 1.92. The van der Waals surface area contributed by atoms with Gasteiger partial charge in [0.2, 0.25) is 5.91 Å². The summed E-state index contributed by atoms with van der Waals surface area (Å²) in [5, 5.41) is 16.5. The van der Waals surface area contributed by atoms with Crippen LogP contribution in [0, 0.1) is 0 Å². The molecule has 2 saturated heterocycles. The van der Waals surface area contributed by atoms with Crippen LogP contribution in [-0.2, 0) is 10.2 Å². The average molecular weight is 342 g/mol. The number of hydrogen-bond acceptors (Lipinski definition) is 5. The molecule has 2 aliphatic heterocycles. The van der Waals surface area contributed by atoms with Gasteiger partial charge >= 0.3 is 0 Å². The van der Waals surface area contributed by atoms with Crippen molar-refractivity contribution in [3.05, 3.63) is 23.7 Å². The van der Waals surface area contributed by atoms with Gasteiger partial charge in [0.15, 0.2) is 11.5 Å². The number of amides is 1. The van der Waals surface area contributed by atoms with Crippen LogP contribution in [0.25, 0.3) is 5.65 Å². The molecule has 1 unspecified atom stereocenters. The van der Waals surface area contributed by atoms with E-state index in [1.165, 1.54) is 0 Å². The Morgan fingerprint density at radius 3 is 2.52 bits per heavy atom. The Kier molecular flexibility index (Phi) is 3.98. The first-order valence-corrected chi connectivity index (χ1v) is 9.18. The predicted octanol–water partition coefficient (Wildman–Crippen LogP) is 1.49. The third kappa shape index (κ3) is 3.01. The van der Waals surface area contributed by atoms with Crippen LogP contribution in [0.3, 0.4) is 0 Å². The van der Waals surface area contributed by atoms with E-state index < -0.39 is 0 Å². The minimum absolute atomic E-state index is 0.00503. The number of carbonyl (C=O) groups excluding carboxylic acids is 1. The van der Waals surface area contributed by atoms with Crippen LogP contribution < -0.4 is 5.32 Å². The average Bonchev–Trinajstić information content (AvgIpc) is 3.19. The summed E-state index contributed by atoms with van der Waals surface area (Å²) in [6.45, 7) is 9.15. The topological polar surface area (TPSA) is 75.4 Å². The molecule has 1 atom stereocenters. The van der Waals surface area contributed by atoms with Crippen molar-refractivity contribution >= 4 is 11.6 Å². The fourth-order valence-corrected chi connectivity index (χ4v) is 3.86. The van der Waals surface area contributed by atoms with E-state index in [4.69, 9.17) is 5.10 Å². The molecular formula is C18H26N6O. The van der Waals surface area contributed by atoms with Gasteiger partial charge in [-0.15, -0.1) is 10.2 Å². The van der Waals surface area contributed by atoms with E-state index in [9.17, 15) is 4.79 Å². The molecule has 2 aliphatic rings. The number of carbonyl (C=O) groups is 1. The summed E-state index contributed by atoms with van der Waals surface area (Å²) in [5.41, 5.74) is 1.84. The number of nitrogens with zero attached hydrogens (tertiary/aromatic N) is 5. The maximum absolute atomic E-state index is 11.9. The lowest BCUT2D eigenvalue weighted by Crippen LogP contribution is -2.44. The zero-order valence-electron chi connectivity index (χ0n) is 15.2. The van der Waals surface area contributed by atoms with Gasteiger partial charge in [-0.3, -0.25) is 9.69 Å². The molecule has 0 aromatic carbocycles. The van der Waals surface area contributed by atoms with Gasteiger partial charge in [-0.05, 0) is 44.5 Å². The molecule has 134 valence electrons. The number of piperidine rings is 1. The van der Waals surface area contributed by atoms with Crippen molar-refractivity contribution in [1.82, 2.24) is 30.0 Å². The summed E-state index contributed by atoms with van der Waals surface area (Å²) in [7, 11) is 0. The largest absolute Gasteiger partial charge is 0.355 e. The number of nitrogens with one attached hydrogen (secondary N) is 1. The third-order valence-corrected chi connectivity index (χ3v) is 5.41. The molecule has 7 heteroatoms. The standard InChI is InChI=1S/C18H26N6O/c1-18(2,3)14-4-5-15-20-21-16(24(15)22-14)12-7-10-23(11-8-12)13-6-9-19-17(13)25/h4-5,12-13H,6-11H2,1-3H3,(H,19,25). The zero-order valence-corrected chi connectivity index (χ0v) is 15.2. The fourth-order valence-electron chi connectivity index (χ4n) is 3.86. The van der Waals surface area contributed by atoms with Crippen LogP contribution in [0.4, 0.5) is 0 Å². The Hall–Kier alpha value is -2.02. The molecule has 0 saturated carbocycles. The molecule has 4 rings (SSSR count). The molecule has 4 heterocycles. The SMILES string of the molecule is CC(C)(C)c1ccc2nnc(C3CCN(C4CCNC4=O)CC3)n2n1. The Morgan fingerprint density at radius 2 is 1.88 bits per heavy atom. The highest BCUT2D eigenvalue weighted by Crippen LogP contribution is 2.29. The Balaban J connectivity index is 1.54. The van der Waals surface area contributed by atoms with Crippen molar-refractivity contribution in [2.75, 3.05) is 19.6 Å². The maximum atomic E-state index is 11.9. The van der Waals surface area contributed by atoms with Gasteiger partial charge < -0.3 is 5.32 Å². The molecule has 0 spiro atoms. The zero-order chi connectivity index (χ0) is 17.6. The van der Waals surface area contributed by atoms with Gasteiger partial charge in [-0.25, -0.2) is 0 Å². The summed E-state index contributed by atoms with van der Waals surface area (Å²) >= 11 is 0. The van der Waals surface area contributed by atoms with Crippen LogP contribution in [0.2, 0.25) is 0 Å². The van der Waals surface area contributed by atoms with Crippen molar-refractivity contribution in [2.24, 2.45) is 0 Å². The summed E-state index contributed by atoms with van der Waals surface area (Å²) in [5.74, 6) is 1.48. The quantitative estimate of drug-likeness (QED) is 0.895. The minimum Gasteiger partial charge on any atom is -0.355 e. The van der Waals surface area contributed by atoms with Gasteiger partial charge in [-0.1, -0.05) is 20.8 Å². The summed E-state index contributed by atoms with van der Waals surface area (Å²) in [4.78, 5) is 14.2. The van der Waals surface area contributed by atoms with Crippen LogP contribution >= 0.6 is 0 Å². The fraction of sp³-hybridized carbons (Fsp3) is 0.667. The van der Waals surface area contributed by atoms with E-state index >= 15 is 0 Å². The van der Waals surface area contributed by atoms with E-state index in [0.29, 0.717) is 5.92 Å². The molecule has 0 bridgehead atoms. The van der Waals surface area contributed by atoms with Crippen molar-refractivity contribution in [2.45, 2.75) is 57.4 Å². The lowest BCUT2D eigenvalue weighted by molar-refractivity contribution is -0.124. The van der Waals surface area contributed by atoms with Gasteiger partial charge in [0.05, 0.1) is 11.7 Å². The molecule has 1 amide bonds. The van der Waals surface area contributed by atoms with Crippen LogP contribution in [0.1, 0.15) is 57.5 Å². The molecular weight excluding hydrogens is 316 g/mol. The number of rotatable bonds is 2. The Morgan fingerprint density at radius 1 is 1.12 bits per heavy atom. The Labute approximate surface area is 147 Å². The third-order valence-electron chi connectivity index (χ3n) is 5.41. The van der Waals surface area contributed by atoms with Crippen LogP contribution in [0.5, 0.6) is 0 Å². The first kappa shape index (κ1) is 16.4. The highest BCUT2D eigenvalue weighted by atomic mass is 16.2. The monoisotopic (exact) mass is 342 g/mol. The highest BCUT2D eigenvalue weighted by molar-refractivity contribution is 5.83. The van der Waals surface area contributed by atoms with Crippen molar-refractivity contribution < 1.29 is 4.79 Å². The summed E-state index contributed by atoms with van der Waals surface area (Å²) in [6.07, 6.45) is 2.91. The van der Waals surface area contributed by atoms with Gasteiger partial charge in [0.25, 0.3) is 0 Å². The predicted molar refractivity (Wildman–Crippen MR) is 94.4 cm³/mol. The number of fused-ring (bicyclic) bond motifs is 1. The molecule has 2 aromatic heterocycles. The Bertz CT molecular complexity index is 784. The van der Waals surface area contributed by atoms with Crippen molar-refractivity contribution in [3.8, 4) is 0 Å². The number of hydrogen-bond donors (Lipinski definition) is 1. The first-order valence-electron chi connectivity index (χ1n) is 9.18. The number of aromatic nitrogens is 4. The minimum atomic E-state index is -0.00503. The van der Waals surface area contributed by atoms with Gasteiger partial charge in [-0.2, -0.15) is 9.61 Å². The normalized spacial score (nSPS) is 23.3. The second-order valence-electron chi connectivity index (χ2n) is 8.20. The van der Waals surface area contributed by atoms with Crippen molar-refractivity contribution in [3.63, 3.8) is 0 Å². The smallest absolute Gasteiger partial charge is 0.237 e. The van der Waals surface area contributed by atoms with E-state index in [2.05, 4.69) is 41.2 Å². The lowest BCUT2D eigenvalue weighted by Gasteiger charge is -2.34. The van der Waals surface area contributed by atoms with Crippen LogP contribution in [-0.4, -0.2) is 56.3 Å². The maximum Gasteiger partial charge on any atom is 0.237 e. The molecule has 2 fully saturated rings. The van der Waals surface area contributed by atoms with E-state index in [1.54, 1.807) is 0 Å². The van der Waals surface area contributed by atoms with Gasteiger partial charge in [0.1, 0.15) is 0 Å². The molecule has 0 radical (unpaired) electrons. The molecule has 25 heavy (non-hydrogen) atoms. The van der Waals surface area contributed by atoms with Gasteiger partial charge in [0, 0.05) is 17.9 Å². The molecule has 1 N–H and O–H groups in total. The van der Waals surface area contributed by atoms with Crippen molar-refractivity contribution in [1.29, 1.82) is 0 Å². The lowest BCUT2D eigenvalue weighted by atomic mass is 9.92. The summed E-state index contributed by atoms with van der Waals surface area (Å²) in [6, 6.07) is 4.10. The van der Waals surface area contributed by atoms with E-state index in [-0.39, 0.29) is 17.4 Å². The second-order valence-corrected chi connectivity index (χ2v) is 8.20.